The van der Waals surface area contributed by atoms with Gasteiger partial charge in [-0.25, -0.2) is 0 Å². The molecule has 0 aliphatic carbocycles. The van der Waals surface area contributed by atoms with Gasteiger partial charge in [0.1, 0.15) is 0 Å². The first-order valence-corrected chi connectivity index (χ1v) is 9.51. The van der Waals surface area contributed by atoms with Gasteiger partial charge >= 0.3 is 0 Å². The lowest BCUT2D eigenvalue weighted by molar-refractivity contribution is -0.407. The van der Waals surface area contributed by atoms with Gasteiger partial charge in [-0.1, -0.05) is 64.4 Å². The lowest BCUT2D eigenvalue weighted by Crippen LogP contribution is -2.57. The molecule has 0 saturated heterocycles. The number of hydrogen-bond acceptors (Lipinski definition) is 0. The van der Waals surface area contributed by atoms with Crippen LogP contribution in [0.2, 0.25) is 0 Å². The van der Waals surface area contributed by atoms with Crippen molar-refractivity contribution in [3.05, 3.63) is 35.4 Å². The summed E-state index contributed by atoms with van der Waals surface area (Å²) < 4.78 is 0. The van der Waals surface area contributed by atoms with E-state index in [1.54, 1.807) is 0 Å². The topological polar surface area (TPSA) is 27.6 Å². The molecule has 0 aliphatic heterocycles. The van der Waals surface area contributed by atoms with Gasteiger partial charge in [-0.2, -0.15) is 0 Å². The minimum absolute atomic E-state index is 0.583. The average molecular weight is 321 g/mol. The Hall–Kier alpha value is -0.820. The third kappa shape index (κ3) is 12.3. The first-order chi connectivity index (χ1) is 10.6. The standard InChI is InChI=1S/C19H32.C3H9N/c1-14(2)11-16(4)12-17(5)13-18(6)19-9-7-15(3)8-10-19;1-3(2)4/h7-10,14,16-18H,11-13H2,1-6H3;3H,4H2,1-2H3/p+1. The Kier molecular flexibility index (Phi) is 11.3. The molecule has 0 fully saturated rings. The molecule has 0 amide bonds. The molecule has 0 aromatic heterocycles. The highest BCUT2D eigenvalue weighted by Gasteiger charge is 2.14. The van der Waals surface area contributed by atoms with Crippen LogP contribution in [0.15, 0.2) is 24.3 Å². The van der Waals surface area contributed by atoms with Crippen LogP contribution in [0.4, 0.5) is 0 Å². The van der Waals surface area contributed by atoms with Crippen molar-refractivity contribution in [2.24, 2.45) is 17.8 Å². The van der Waals surface area contributed by atoms with Gasteiger partial charge in [0, 0.05) is 0 Å². The number of aryl methyl sites for hydroxylation is 1. The number of hydrogen-bond donors (Lipinski definition) is 1. The van der Waals surface area contributed by atoms with Crippen molar-refractivity contribution in [3.63, 3.8) is 0 Å². The minimum Gasteiger partial charge on any atom is -0.356 e. The molecule has 0 aliphatic rings. The van der Waals surface area contributed by atoms with Crippen molar-refractivity contribution in [1.29, 1.82) is 0 Å². The molecule has 0 heterocycles. The Morgan fingerprint density at radius 3 is 1.61 bits per heavy atom. The first kappa shape index (κ1) is 22.2. The van der Waals surface area contributed by atoms with Crippen molar-refractivity contribution < 1.29 is 5.73 Å². The fraction of sp³-hybridized carbons (Fsp3) is 0.727. The van der Waals surface area contributed by atoms with Crippen molar-refractivity contribution in [2.45, 2.75) is 86.6 Å². The Labute approximate surface area is 146 Å². The zero-order chi connectivity index (χ0) is 18.0. The Morgan fingerprint density at radius 1 is 0.739 bits per heavy atom. The fourth-order valence-corrected chi connectivity index (χ4v) is 3.32. The van der Waals surface area contributed by atoms with E-state index >= 15 is 0 Å². The summed E-state index contributed by atoms with van der Waals surface area (Å²) in [6, 6.07) is 9.64. The number of quaternary nitrogens is 1. The predicted octanol–water partition coefficient (Wildman–Crippen LogP) is 5.83. The van der Waals surface area contributed by atoms with Gasteiger partial charge in [0.15, 0.2) is 0 Å². The highest BCUT2D eigenvalue weighted by Crippen LogP contribution is 2.28. The van der Waals surface area contributed by atoms with Gasteiger partial charge in [-0.3, -0.25) is 0 Å². The molecule has 1 aromatic carbocycles. The maximum absolute atomic E-state index is 3.64. The number of rotatable bonds is 7. The van der Waals surface area contributed by atoms with E-state index in [2.05, 4.69) is 85.4 Å². The summed E-state index contributed by atoms with van der Waals surface area (Å²) in [4.78, 5) is 0. The van der Waals surface area contributed by atoms with E-state index in [1.807, 2.05) is 0 Å². The second-order valence-corrected chi connectivity index (χ2v) is 8.52. The van der Waals surface area contributed by atoms with Crippen LogP contribution in [0.1, 0.15) is 84.8 Å². The average Bonchev–Trinajstić information content (AvgIpc) is 2.37. The monoisotopic (exact) mass is 320 g/mol. The molecule has 23 heavy (non-hydrogen) atoms. The normalized spacial score (nSPS) is 15.1. The molecule has 0 bridgehead atoms. The molecule has 134 valence electrons. The van der Waals surface area contributed by atoms with E-state index in [1.165, 1.54) is 30.4 Å². The quantitative estimate of drug-likeness (QED) is 0.654. The molecule has 0 saturated carbocycles. The second-order valence-electron chi connectivity index (χ2n) is 8.52. The lowest BCUT2D eigenvalue weighted by Gasteiger charge is -2.22. The summed E-state index contributed by atoms with van der Waals surface area (Å²) in [5.74, 6) is 3.20. The molecule has 1 heteroatoms. The Balaban J connectivity index is 0.00000108. The molecular weight excluding hydrogens is 278 g/mol. The van der Waals surface area contributed by atoms with Crippen LogP contribution >= 0.6 is 0 Å². The van der Waals surface area contributed by atoms with Crippen LogP contribution in [0.3, 0.4) is 0 Å². The summed E-state index contributed by atoms with van der Waals surface area (Å²) in [7, 11) is 0. The third-order valence-electron chi connectivity index (χ3n) is 4.08. The summed E-state index contributed by atoms with van der Waals surface area (Å²) >= 11 is 0. The van der Waals surface area contributed by atoms with Crippen molar-refractivity contribution in [3.8, 4) is 0 Å². The smallest absolute Gasteiger partial charge is 0.0786 e. The third-order valence-corrected chi connectivity index (χ3v) is 4.08. The first-order valence-electron chi connectivity index (χ1n) is 9.51. The predicted molar refractivity (Wildman–Crippen MR) is 105 cm³/mol. The van der Waals surface area contributed by atoms with Gasteiger partial charge in [0.2, 0.25) is 0 Å². The molecule has 3 atom stereocenters. The Bertz CT molecular complexity index is 388. The van der Waals surface area contributed by atoms with E-state index in [4.69, 9.17) is 0 Å². The second kappa shape index (κ2) is 11.7. The maximum Gasteiger partial charge on any atom is 0.0786 e. The zero-order valence-electron chi connectivity index (χ0n) is 17.0. The summed E-state index contributed by atoms with van der Waals surface area (Å²) in [5.41, 5.74) is 6.49. The van der Waals surface area contributed by atoms with E-state index < -0.39 is 0 Å². The van der Waals surface area contributed by atoms with Gasteiger partial charge < -0.3 is 5.73 Å². The van der Waals surface area contributed by atoms with Crippen molar-refractivity contribution >= 4 is 0 Å². The molecule has 1 rings (SSSR count). The summed E-state index contributed by atoms with van der Waals surface area (Å²) in [5, 5.41) is 0. The van der Waals surface area contributed by atoms with Gasteiger partial charge in [0.05, 0.1) is 6.04 Å². The SMILES string of the molecule is CC(C)[NH3+].Cc1ccc(C(C)CC(C)CC(C)CC(C)C)cc1. The lowest BCUT2D eigenvalue weighted by atomic mass is 9.84. The van der Waals surface area contributed by atoms with Crippen LogP contribution in [0.5, 0.6) is 0 Å². The summed E-state index contributed by atoms with van der Waals surface area (Å²) in [6.45, 7) is 18.1. The molecule has 0 radical (unpaired) electrons. The van der Waals surface area contributed by atoms with E-state index in [-0.39, 0.29) is 0 Å². The van der Waals surface area contributed by atoms with Crippen LogP contribution in [-0.4, -0.2) is 6.04 Å². The molecule has 3 N–H and O–H groups in total. The maximum atomic E-state index is 3.64. The highest BCUT2D eigenvalue weighted by atomic mass is 14.6. The van der Waals surface area contributed by atoms with Crippen LogP contribution < -0.4 is 5.73 Å². The Morgan fingerprint density at radius 2 is 1.17 bits per heavy atom. The molecular formula is C22H42N+. The van der Waals surface area contributed by atoms with Crippen LogP contribution in [0.25, 0.3) is 0 Å². The molecule has 0 spiro atoms. The fourth-order valence-electron chi connectivity index (χ4n) is 3.32. The molecule has 3 unspecified atom stereocenters. The van der Waals surface area contributed by atoms with Gasteiger partial charge in [-0.05, 0) is 69.3 Å². The zero-order valence-corrected chi connectivity index (χ0v) is 17.0. The van der Waals surface area contributed by atoms with Crippen molar-refractivity contribution in [2.75, 3.05) is 0 Å². The summed E-state index contributed by atoms with van der Waals surface area (Å²) in [6.07, 6.45) is 4.04. The molecule has 1 aromatic rings. The number of benzene rings is 1. The largest absolute Gasteiger partial charge is 0.356 e. The van der Waals surface area contributed by atoms with Crippen molar-refractivity contribution in [1.82, 2.24) is 0 Å². The highest BCUT2D eigenvalue weighted by molar-refractivity contribution is 5.24. The van der Waals surface area contributed by atoms with Gasteiger partial charge in [0.25, 0.3) is 0 Å². The van der Waals surface area contributed by atoms with Crippen LogP contribution in [-0.2, 0) is 0 Å². The van der Waals surface area contributed by atoms with E-state index in [0.717, 1.165) is 17.8 Å². The van der Waals surface area contributed by atoms with E-state index in [9.17, 15) is 0 Å². The van der Waals surface area contributed by atoms with Crippen LogP contribution in [0, 0.1) is 24.7 Å². The minimum atomic E-state index is 0.583. The van der Waals surface area contributed by atoms with E-state index in [0.29, 0.717) is 12.0 Å². The molecule has 1 nitrogen and oxygen atoms in total. The van der Waals surface area contributed by atoms with Gasteiger partial charge in [-0.15, -0.1) is 0 Å².